The number of amides is 1. The number of carbonyl (C=O) groups is 1. The fourth-order valence-electron chi connectivity index (χ4n) is 3.68. The Morgan fingerprint density at radius 1 is 1.06 bits per heavy atom. The average Bonchev–Trinajstić information content (AvgIpc) is 3.52. The second-order valence-corrected chi connectivity index (χ2v) is 8.81. The van der Waals surface area contributed by atoms with Crippen LogP contribution in [0.15, 0.2) is 64.6 Å². The van der Waals surface area contributed by atoms with Crippen LogP contribution in [-0.2, 0) is 6.54 Å². The molecule has 0 saturated carbocycles. The predicted octanol–water partition coefficient (Wildman–Crippen LogP) is 4.47. The van der Waals surface area contributed by atoms with Gasteiger partial charge in [-0.15, -0.1) is 11.3 Å². The fourth-order valence-corrected chi connectivity index (χ4v) is 4.53. The quantitative estimate of drug-likeness (QED) is 0.405. The van der Waals surface area contributed by atoms with Crippen LogP contribution in [0.3, 0.4) is 0 Å². The van der Waals surface area contributed by atoms with E-state index in [0.29, 0.717) is 30.4 Å². The molecule has 1 aliphatic heterocycles. The molecular weight excluding hydrogens is 446 g/mol. The molecule has 1 amide bonds. The predicted molar refractivity (Wildman–Crippen MR) is 123 cm³/mol. The second-order valence-electron chi connectivity index (χ2n) is 7.51. The summed E-state index contributed by atoms with van der Waals surface area (Å²) >= 11 is 7.65. The van der Waals surface area contributed by atoms with Gasteiger partial charge in [-0.2, -0.15) is 4.98 Å². The molecule has 0 unspecified atom stereocenters. The Balaban J connectivity index is 1.17. The Bertz CT molecular complexity index is 1200. The lowest BCUT2D eigenvalue weighted by molar-refractivity contribution is 0.0628. The number of carbonyl (C=O) groups excluding carboxylic acids is 1. The summed E-state index contributed by atoms with van der Waals surface area (Å²) in [5.41, 5.74) is 2.58. The maximum atomic E-state index is 12.7. The van der Waals surface area contributed by atoms with Gasteiger partial charge in [0.05, 0.1) is 10.4 Å². The molecule has 1 aliphatic rings. The zero-order chi connectivity index (χ0) is 21.9. The molecule has 3 aromatic heterocycles. The molecule has 4 aromatic rings. The summed E-state index contributed by atoms with van der Waals surface area (Å²) in [5, 5.41) is 6.34. The lowest BCUT2D eigenvalue weighted by Gasteiger charge is -2.34. The second kappa shape index (κ2) is 9.20. The molecule has 0 spiro atoms. The van der Waals surface area contributed by atoms with E-state index in [-0.39, 0.29) is 11.1 Å². The van der Waals surface area contributed by atoms with Crippen LogP contribution in [0.2, 0.25) is 5.15 Å². The number of piperazine rings is 1. The van der Waals surface area contributed by atoms with E-state index in [1.807, 2.05) is 34.5 Å². The highest BCUT2D eigenvalue weighted by Gasteiger charge is 2.24. The molecule has 0 aliphatic carbocycles. The molecule has 0 radical (unpaired) electrons. The number of nitrogens with zero attached hydrogens (tertiary/aromatic N) is 5. The Kier molecular flexibility index (Phi) is 5.98. The van der Waals surface area contributed by atoms with Gasteiger partial charge in [-0.3, -0.25) is 9.69 Å². The lowest BCUT2D eigenvalue weighted by Crippen LogP contribution is -2.48. The highest BCUT2D eigenvalue weighted by molar-refractivity contribution is 7.13. The van der Waals surface area contributed by atoms with Crippen LogP contribution in [0.25, 0.3) is 22.2 Å². The number of halogens is 1. The number of hydrogen-bond donors (Lipinski definition) is 0. The first-order valence-corrected chi connectivity index (χ1v) is 11.5. The highest BCUT2D eigenvalue weighted by Crippen LogP contribution is 2.26. The van der Waals surface area contributed by atoms with Gasteiger partial charge in [0.15, 0.2) is 0 Å². The van der Waals surface area contributed by atoms with Crippen LogP contribution in [0.5, 0.6) is 0 Å². The molecule has 1 saturated heterocycles. The third-order valence-electron chi connectivity index (χ3n) is 5.43. The molecule has 1 fully saturated rings. The third-order valence-corrected chi connectivity index (χ3v) is 6.58. The average molecular weight is 466 g/mol. The topological polar surface area (TPSA) is 75.4 Å². The number of rotatable bonds is 5. The van der Waals surface area contributed by atoms with Crippen molar-refractivity contribution in [2.75, 3.05) is 26.2 Å². The number of aromatic nitrogens is 3. The first kappa shape index (κ1) is 20.8. The maximum absolute atomic E-state index is 12.7. The summed E-state index contributed by atoms with van der Waals surface area (Å²) in [6.45, 7) is 3.76. The van der Waals surface area contributed by atoms with Crippen molar-refractivity contribution < 1.29 is 9.32 Å². The van der Waals surface area contributed by atoms with E-state index in [1.165, 1.54) is 5.56 Å². The summed E-state index contributed by atoms with van der Waals surface area (Å²) in [7, 11) is 0. The van der Waals surface area contributed by atoms with Crippen LogP contribution >= 0.6 is 22.9 Å². The first-order chi connectivity index (χ1) is 15.7. The Morgan fingerprint density at radius 2 is 1.88 bits per heavy atom. The smallest absolute Gasteiger partial charge is 0.268 e. The van der Waals surface area contributed by atoms with E-state index >= 15 is 0 Å². The largest absolute Gasteiger partial charge is 0.336 e. The molecule has 9 heteroatoms. The molecule has 7 nitrogen and oxygen atoms in total. The minimum absolute atomic E-state index is 0.0610. The van der Waals surface area contributed by atoms with Gasteiger partial charge in [0.1, 0.15) is 5.15 Å². The van der Waals surface area contributed by atoms with E-state index in [0.717, 1.165) is 30.1 Å². The van der Waals surface area contributed by atoms with E-state index in [2.05, 4.69) is 32.2 Å². The summed E-state index contributed by atoms with van der Waals surface area (Å²) in [5.74, 6) is 1.06. The molecule has 0 N–H and O–H groups in total. The lowest BCUT2D eigenvalue weighted by atomic mass is 10.1. The monoisotopic (exact) mass is 465 g/mol. The standard InChI is InChI=1S/C23H20ClN5O2S/c24-20-18(3-1-9-25-20)23(30)29-12-10-28(11-13-29)15-16-5-7-17(8-6-16)21-26-22(31-27-21)19-4-2-14-32-19/h1-9,14H,10-13,15H2. The van der Waals surface area contributed by atoms with Crippen molar-refractivity contribution >= 4 is 28.8 Å². The molecule has 4 heterocycles. The molecule has 5 rings (SSSR count). The summed E-state index contributed by atoms with van der Waals surface area (Å²) in [6.07, 6.45) is 1.59. The number of pyridine rings is 1. The van der Waals surface area contributed by atoms with Crippen molar-refractivity contribution in [2.45, 2.75) is 6.54 Å². The van der Waals surface area contributed by atoms with Gasteiger partial charge >= 0.3 is 0 Å². The van der Waals surface area contributed by atoms with E-state index in [1.54, 1.807) is 29.7 Å². The van der Waals surface area contributed by atoms with Crippen molar-refractivity contribution in [2.24, 2.45) is 0 Å². The fraction of sp³-hybridized carbons (Fsp3) is 0.217. The van der Waals surface area contributed by atoms with Gasteiger partial charge < -0.3 is 9.42 Å². The van der Waals surface area contributed by atoms with Crippen LogP contribution in [0.4, 0.5) is 0 Å². The minimum atomic E-state index is -0.0610. The van der Waals surface area contributed by atoms with E-state index in [9.17, 15) is 4.79 Å². The van der Waals surface area contributed by atoms with Crippen molar-refractivity contribution in [3.8, 4) is 22.2 Å². The third kappa shape index (κ3) is 4.43. The number of benzene rings is 1. The van der Waals surface area contributed by atoms with Crippen LogP contribution in [0.1, 0.15) is 15.9 Å². The van der Waals surface area contributed by atoms with Crippen molar-refractivity contribution in [1.29, 1.82) is 0 Å². The van der Waals surface area contributed by atoms with Crippen LogP contribution < -0.4 is 0 Å². The van der Waals surface area contributed by atoms with Gasteiger partial charge in [-0.25, -0.2) is 4.98 Å². The SMILES string of the molecule is O=C(c1cccnc1Cl)N1CCN(Cc2ccc(-c3noc(-c4cccs4)n3)cc2)CC1. The maximum Gasteiger partial charge on any atom is 0.268 e. The summed E-state index contributed by atoms with van der Waals surface area (Å²) in [6, 6.07) is 15.6. The number of hydrogen-bond acceptors (Lipinski definition) is 7. The van der Waals surface area contributed by atoms with Crippen LogP contribution in [0, 0.1) is 0 Å². The molecule has 32 heavy (non-hydrogen) atoms. The van der Waals surface area contributed by atoms with E-state index in [4.69, 9.17) is 16.1 Å². The first-order valence-electron chi connectivity index (χ1n) is 10.3. The normalized spacial score (nSPS) is 14.6. The van der Waals surface area contributed by atoms with Crippen LogP contribution in [-0.4, -0.2) is 57.0 Å². The Labute approximate surface area is 194 Å². The molecule has 162 valence electrons. The van der Waals surface area contributed by atoms with Gasteiger partial charge in [0.2, 0.25) is 5.82 Å². The number of thiophene rings is 1. The molecular formula is C23H20ClN5O2S. The molecule has 0 atom stereocenters. The van der Waals surface area contributed by atoms with Crippen molar-refractivity contribution in [3.05, 3.63) is 76.4 Å². The zero-order valence-electron chi connectivity index (χ0n) is 17.1. The summed E-state index contributed by atoms with van der Waals surface area (Å²) in [4.78, 5) is 26.3. The molecule has 0 bridgehead atoms. The highest BCUT2D eigenvalue weighted by atomic mass is 35.5. The van der Waals surface area contributed by atoms with Gasteiger partial charge in [0.25, 0.3) is 11.8 Å². The molecule has 1 aromatic carbocycles. The summed E-state index contributed by atoms with van der Waals surface area (Å²) < 4.78 is 5.38. The van der Waals surface area contributed by atoms with E-state index < -0.39 is 0 Å². The van der Waals surface area contributed by atoms with Crippen molar-refractivity contribution in [3.63, 3.8) is 0 Å². The van der Waals surface area contributed by atoms with Gasteiger partial charge in [-0.1, -0.05) is 47.1 Å². The van der Waals surface area contributed by atoms with Gasteiger partial charge in [-0.05, 0) is 29.1 Å². The Hall–Kier alpha value is -3.07. The minimum Gasteiger partial charge on any atom is -0.336 e. The zero-order valence-corrected chi connectivity index (χ0v) is 18.7. The Morgan fingerprint density at radius 3 is 2.59 bits per heavy atom. The van der Waals surface area contributed by atoms with Gasteiger partial charge in [0, 0.05) is 44.5 Å². The van der Waals surface area contributed by atoms with Crippen molar-refractivity contribution in [1.82, 2.24) is 24.9 Å².